The minimum atomic E-state index is -0.242. The van der Waals surface area contributed by atoms with Crippen molar-refractivity contribution in [3.8, 4) is 17.0 Å². The summed E-state index contributed by atoms with van der Waals surface area (Å²) in [6.45, 7) is 4.77. The molecule has 0 fully saturated rings. The van der Waals surface area contributed by atoms with Crippen LogP contribution in [-0.4, -0.2) is 42.0 Å². The van der Waals surface area contributed by atoms with Crippen LogP contribution in [0, 0.1) is 0 Å². The van der Waals surface area contributed by atoms with Gasteiger partial charge in [-0.05, 0) is 38.1 Å². The van der Waals surface area contributed by atoms with E-state index in [9.17, 15) is 4.79 Å². The summed E-state index contributed by atoms with van der Waals surface area (Å²) >= 11 is 0. The Morgan fingerprint density at radius 3 is 2.78 bits per heavy atom. The third-order valence-corrected chi connectivity index (χ3v) is 3.74. The van der Waals surface area contributed by atoms with Gasteiger partial charge < -0.3 is 15.0 Å². The average Bonchev–Trinajstić information content (AvgIpc) is 2.53. The minimum absolute atomic E-state index is 0.0204. The van der Waals surface area contributed by atoms with Crippen LogP contribution in [0.25, 0.3) is 11.3 Å². The molecule has 0 spiro atoms. The standard InChI is InChI=1S/C18H21N3O2/c1-18(2)11-19-16-15(23-18)9-8-14(20-16)12-6-5-7-13(10-12)17(22)21(3)4/h5-10H,11H2,1-4H3,(H,19,20). The van der Waals surface area contributed by atoms with Crippen molar-refractivity contribution in [2.75, 3.05) is 26.0 Å². The maximum absolute atomic E-state index is 12.1. The Morgan fingerprint density at radius 2 is 2.04 bits per heavy atom. The molecule has 120 valence electrons. The SMILES string of the molecule is CN(C)C(=O)c1cccc(-c2ccc3c(n2)NCC(C)(C)O3)c1. The molecule has 1 aromatic carbocycles. The molecule has 0 unspecified atom stereocenters. The van der Waals surface area contributed by atoms with Crippen molar-refractivity contribution in [1.82, 2.24) is 9.88 Å². The van der Waals surface area contributed by atoms with Crippen LogP contribution in [0.3, 0.4) is 0 Å². The average molecular weight is 311 g/mol. The third kappa shape index (κ3) is 3.13. The lowest BCUT2D eigenvalue weighted by Gasteiger charge is -2.32. The van der Waals surface area contributed by atoms with Crippen LogP contribution >= 0.6 is 0 Å². The zero-order valence-corrected chi connectivity index (χ0v) is 13.9. The molecule has 0 aliphatic carbocycles. The molecule has 1 amide bonds. The van der Waals surface area contributed by atoms with Gasteiger partial charge in [-0.2, -0.15) is 0 Å². The Bertz CT molecular complexity index is 754. The molecular formula is C18H21N3O2. The molecule has 1 N–H and O–H groups in total. The Hall–Kier alpha value is -2.56. The van der Waals surface area contributed by atoms with Gasteiger partial charge in [0.15, 0.2) is 11.6 Å². The Morgan fingerprint density at radius 1 is 1.26 bits per heavy atom. The van der Waals surface area contributed by atoms with E-state index in [-0.39, 0.29) is 11.5 Å². The lowest BCUT2D eigenvalue weighted by atomic mass is 10.1. The van der Waals surface area contributed by atoms with Gasteiger partial charge in [-0.3, -0.25) is 4.79 Å². The maximum Gasteiger partial charge on any atom is 0.253 e. The van der Waals surface area contributed by atoms with E-state index in [2.05, 4.69) is 10.3 Å². The zero-order valence-electron chi connectivity index (χ0n) is 13.9. The topological polar surface area (TPSA) is 54.5 Å². The largest absolute Gasteiger partial charge is 0.482 e. The smallest absolute Gasteiger partial charge is 0.253 e. The highest BCUT2D eigenvalue weighted by atomic mass is 16.5. The molecule has 0 radical (unpaired) electrons. The fourth-order valence-corrected chi connectivity index (χ4v) is 2.52. The van der Waals surface area contributed by atoms with Gasteiger partial charge in [0.2, 0.25) is 0 Å². The molecule has 2 heterocycles. The van der Waals surface area contributed by atoms with E-state index in [1.54, 1.807) is 19.0 Å². The van der Waals surface area contributed by atoms with E-state index < -0.39 is 0 Å². The number of aromatic nitrogens is 1. The van der Waals surface area contributed by atoms with Crippen LogP contribution in [0.5, 0.6) is 5.75 Å². The molecule has 0 atom stereocenters. The van der Waals surface area contributed by atoms with Gasteiger partial charge in [-0.15, -0.1) is 0 Å². The number of hydrogen-bond acceptors (Lipinski definition) is 4. The number of rotatable bonds is 2. The first-order valence-electron chi connectivity index (χ1n) is 7.62. The molecule has 1 aliphatic heterocycles. The van der Waals surface area contributed by atoms with Crippen molar-refractivity contribution < 1.29 is 9.53 Å². The predicted molar refractivity (Wildman–Crippen MR) is 90.9 cm³/mol. The molecule has 5 nitrogen and oxygen atoms in total. The van der Waals surface area contributed by atoms with Crippen molar-refractivity contribution in [2.24, 2.45) is 0 Å². The van der Waals surface area contributed by atoms with Crippen molar-refractivity contribution >= 4 is 11.7 Å². The molecule has 0 saturated heterocycles. The summed E-state index contributed by atoms with van der Waals surface area (Å²) in [5.74, 6) is 1.48. The summed E-state index contributed by atoms with van der Waals surface area (Å²) in [7, 11) is 3.49. The number of nitrogens with zero attached hydrogens (tertiary/aromatic N) is 2. The quantitative estimate of drug-likeness (QED) is 0.926. The monoisotopic (exact) mass is 311 g/mol. The Kier molecular flexibility index (Phi) is 3.72. The molecule has 2 aromatic rings. The first-order chi connectivity index (χ1) is 10.9. The van der Waals surface area contributed by atoms with Gasteiger partial charge in [0.05, 0.1) is 12.2 Å². The second-order valence-electron chi connectivity index (χ2n) is 6.54. The summed E-state index contributed by atoms with van der Waals surface area (Å²) < 4.78 is 5.92. The molecule has 0 bridgehead atoms. The minimum Gasteiger partial charge on any atom is -0.482 e. The fourth-order valence-electron chi connectivity index (χ4n) is 2.52. The highest BCUT2D eigenvalue weighted by Crippen LogP contribution is 2.33. The summed E-state index contributed by atoms with van der Waals surface area (Å²) in [5.41, 5.74) is 2.13. The van der Waals surface area contributed by atoms with Gasteiger partial charge in [0.1, 0.15) is 5.60 Å². The van der Waals surface area contributed by atoms with Crippen molar-refractivity contribution in [3.63, 3.8) is 0 Å². The second kappa shape index (κ2) is 5.57. The van der Waals surface area contributed by atoms with Gasteiger partial charge in [0, 0.05) is 25.2 Å². The third-order valence-electron chi connectivity index (χ3n) is 3.74. The molecule has 1 aliphatic rings. The van der Waals surface area contributed by atoms with Crippen LogP contribution < -0.4 is 10.1 Å². The molecule has 3 rings (SSSR count). The van der Waals surface area contributed by atoms with Crippen molar-refractivity contribution in [3.05, 3.63) is 42.0 Å². The van der Waals surface area contributed by atoms with Crippen LogP contribution in [-0.2, 0) is 0 Å². The first kappa shape index (κ1) is 15.3. The van der Waals surface area contributed by atoms with Crippen molar-refractivity contribution in [2.45, 2.75) is 19.4 Å². The zero-order chi connectivity index (χ0) is 16.6. The van der Waals surface area contributed by atoms with E-state index in [0.717, 1.165) is 22.8 Å². The van der Waals surface area contributed by atoms with E-state index in [0.29, 0.717) is 12.1 Å². The van der Waals surface area contributed by atoms with E-state index in [4.69, 9.17) is 4.74 Å². The van der Waals surface area contributed by atoms with Crippen LogP contribution in [0.1, 0.15) is 24.2 Å². The fraction of sp³-hybridized carbons (Fsp3) is 0.333. The number of hydrogen-bond donors (Lipinski definition) is 1. The molecule has 0 saturated carbocycles. The van der Waals surface area contributed by atoms with Crippen LogP contribution in [0.4, 0.5) is 5.82 Å². The van der Waals surface area contributed by atoms with Crippen LogP contribution in [0.2, 0.25) is 0 Å². The first-order valence-corrected chi connectivity index (χ1v) is 7.62. The summed E-state index contributed by atoms with van der Waals surface area (Å²) in [6, 6.07) is 11.3. The Balaban J connectivity index is 1.94. The van der Waals surface area contributed by atoms with Gasteiger partial charge in [-0.1, -0.05) is 12.1 Å². The lowest BCUT2D eigenvalue weighted by Crippen LogP contribution is -2.40. The molecular weight excluding hydrogens is 290 g/mol. The van der Waals surface area contributed by atoms with E-state index >= 15 is 0 Å². The van der Waals surface area contributed by atoms with E-state index in [1.165, 1.54) is 0 Å². The number of carbonyl (C=O) groups excluding carboxylic acids is 1. The predicted octanol–water partition coefficient (Wildman–Crippen LogP) is 3.03. The van der Waals surface area contributed by atoms with Gasteiger partial charge >= 0.3 is 0 Å². The Labute approximate surface area is 136 Å². The number of pyridine rings is 1. The number of carbonyl (C=O) groups is 1. The summed E-state index contributed by atoms with van der Waals surface area (Å²) in [4.78, 5) is 18.3. The highest BCUT2D eigenvalue weighted by Gasteiger charge is 2.27. The molecule has 23 heavy (non-hydrogen) atoms. The number of fused-ring (bicyclic) bond motifs is 1. The maximum atomic E-state index is 12.1. The van der Waals surface area contributed by atoms with Crippen LogP contribution in [0.15, 0.2) is 36.4 Å². The number of anilines is 1. The number of nitrogens with one attached hydrogen (secondary N) is 1. The lowest BCUT2D eigenvalue weighted by molar-refractivity contribution is 0.0827. The summed E-state index contributed by atoms with van der Waals surface area (Å²) in [6.07, 6.45) is 0. The highest BCUT2D eigenvalue weighted by molar-refractivity contribution is 5.95. The van der Waals surface area contributed by atoms with Gasteiger partial charge in [-0.25, -0.2) is 4.98 Å². The van der Waals surface area contributed by atoms with Gasteiger partial charge in [0.25, 0.3) is 5.91 Å². The number of benzene rings is 1. The van der Waals surface area contributed by atoms with E-state index in [1.807, 2.05) is 50.2 Å². The summed E-state index contributed by atoms with van der Waals surface area (Å²) in [5, 5.41) is 3.31. The van der Waals surface area contributed by atoms with Crippen molar-refractivity contribution in [1.29, 1.82) is 0 Å². The number of amides is 1. The molecule has 5 heteroatoms. The number of ether oxygens (including phenoxy) is 1. The molecule has 1 aromatic heterocycles. The second-order valence-corrected chi connectivity index (χ2v) is 6.54. The normalized spacial score (nSPS) is 15.1.